The first-order valence-corrected chi connectivity index (χ1v) is 9.13. The van der Waals surface area contributed by atoms with Gasteiger partial charge in [0.25, 0.3) is 0 Å². The van der Waals surface area contributed by atoms with E-state index in [9.17, 15) is 5.11 Å². The molecular formula is C23H28O5. The van der Waals surface area contributed by atoms with Gasteiger partial charge in [0.05, 0.1) is 28.4 Å². The fraction of sp³-hybridized carbons (Fsp3) is 0.304. The highest BCUT2D eigenvalue weighted by molar-refractivity contribution is 5.62. The maximum atomic E-state index is 9.61. The fourth-order valence-corrected chi connectivity index (χ4v) is 2.79. The lowest BCUT2D eigenvalue weighted by atomic mass is 10.1. The molecular weight excluding hydrogens is 356 g/mol. The maximum absolute atomic E-state index is 9.61. The predicted octanol–water partition coefficient (Wildman–Crippen LogP) is 5.32. The Hall–Kier alpha value is -3.08. The molecule has 0 spiro atoms. The molecule has 0 saturated carbocycles. The van der Waals surface area contributed by atoms with Crippen molar-refractivity contribution in [3.63, 3.8) is 0 Å². The summed E-state index contributed by atoms with van der Waals surface area (Å²) >= 11 is 0. The van der Waals surface area contributed by atoms with Crippen molar-refractivity contribution in [2.75, 3.05) is 28.4 Å². The monoisotopic (exact) mass is 384 g/mol. The molecule has 0 radical (unpaired) electrons. The SMILES string of the molecule is COc1cc(/C=C/CCC/C=C/c2cc(OC)c(OC)c(OC)c2)ccc1O. The zero-order chi connectivity index (χ0) is 20.4. The molecule has 0 bridgehead atoms. The molecule has 0 unspecified atom stereocenters. The Labute approximate surface area is 166 Å². The Morgan fingerprint density at radius 2 is 1.25 bits per heavy atom. The van der Waals surface area contributed by atoms with Crippen LogP contribution >= 0.6 is 0 Å². The molecule has 1 N–H and O–H groups in total. The Morgan fingerprint density at radius 1 is 0.714 bits per heavy atom. The molecule has 0 aliphatic rings. The second kappa shape index (κ2) is 10.9. The van der Waals surface area contributed by atoms with Gasteiger partial charge in [-0.2, -0.15) is 0 Å². The number of methoxy groups -OCH3 is 4. The number of aromatic hydroxyl groups is 1. The molecule has 150 valence electrons. The number of hydrogen-bond acceptors (Lipinski definition) is 5. The third-order valence-electron chi connectivity index (χ3n) is 4.25. The molecule has 0 heterocycles. The Kier molecular flexibility index (Phi) is 8.28. The van der Waals surface area contributed by atoms with E-state index in [1.54, 1.807) is 34.5 Å². The van der Waals surface area contributed by atoms with Gasteiger partial charge in [0, 0.05) is 0 Å². The number of hydrogen-bond donors (Lipinski definition) is 1. The van der Waals surface area contributed by atoms with E-state index in [-0.39, 0.29) is 5.75 Å². The Morgan fingerprint density at radius 3 is 1.79 bits per heavy atom. The summed E-state index contributed by atoms with van der Waals surface area (Å²) in [6.45, 7) is 0. The van der Waals surface area contributed by atoms with E-state index in [0.29, 0.717) is 23.0 Å². The molecule has 28 heavy (non-hydrogen) atoms. The van der Waals surface area contributed by atoms with Crippen molar-refractivity contribution < 1.29 is 24.1 Å². The van der Waals surface area contributed by atoms with Crippen LogP contribution in [0.4, 0.5) is 0 Å². The van der Waals surface area contributed by atoms with Gasteiger partial charge in [-0.15, -0.1) is 0 Å². The number of ether oxygens (including phenoxy) is 4. The molecule has 0 atom stereocenters. The van der Waals surface area contributed by atoms with Crippen LogP contribution in [-0.4, -0.2) is 33.5 Å². The van der Waals surface area contributed by atoms with Gasteiger partial charge in [0.1, 0.15) is 0 Å². The second-order valence-electron chi connectivity index (χ2n) is 6.13. The number of phenols is 1. The first-order valence-electron chi connectivity index (χ1n) is 9.13. The third-order valence-corrected chi connectivity index (χ3v) is 4.25. The van der Waals surface area contributed by atoms with E-state index < -0.39 is 0 Å². The van der Waals surface area contributed by atoms with E-state index in [1.807, 2.05) is 30.3 Å². The van der Waals surface area contributed by atoms with Crippen LogP contribution in [0.15, 0.2) is 42.5 Å². The number of allylic oxidation sites excluding steroid dienone is 2. The molecule has 0 fully saturated rings. The summed E-state index contributed by atoms with van der Waals surface area (Å²) in [5, 5.41) is 9.61. The van der Waals surface area contributed by atoms with Gasteiger partial charge in [0.2, 0.25) is 5.75 Å². The van der Waals surface area contributed by atoms with Gasteiger partial charge in [-0.3, -0.25) is 0 Å². The van der Waals surface area contributed by atoms with Crippen LogP contribution in [0.1, 0.15) is 30.4 Å². The zero-order valence-electron chi connectivity index (χ0n) is 16.9. The first-order chi connectivity index (χ1) is 13.6. The van der Waals surface area contributed by atoms with Crippen molar-refractivity contribution in [3.05, 3.63) is 53.6 Å². The summed E-state index contributed by atoms with van der Waals surface area (Å²) in [5.74, 6) is 2.52. The summed E-state index contributed by atoms with van der Waals surface area (Å²) in [6, 6.07) is 9.17. The quantitative estimate of drug-likeness (QED) is 0.562. The van der Waals surface area contributed by atoms with E-state index in [1.165, 1.54) is 0 Å². The summed E-state index contributed by atoms with van der Waals surface area (Å²) in [4.78, 5) is 0. The summed E-state index contributed by atoms with van der Waals surface area (Å²) in [6.07, 6.45) is 11.3. The third kappa shape index (κ3) is 5.71. The van der Waals surface area contributed by atoms with E-state index in [0.717, 1.165) is 30.4 Å². The highest BCUT2D eigenvalue weighted by Crippen LogP contribution is 2.38. The zero-order valence-corrected chi connectivity index (χ0v) is 16.9. The Bertz CT molecular complexity index is 799. The smallest absolute Gasteiger partial charge is 0.203 e. The van der Waals surface area contributed by atoms with Crippen molar-refractivity contribution in [1.82, 2.24) is 0 Å². The van der Waals surface area contributed by atoms with Crippen LogP contribution in [0.2, 0.25) is 0 Å². The molecule has 0 saturated heterocycles. The molecule has 0 aliphatic heterocycles. The number of rotatable bonds is 10. The van der Waals surface area contributed by atoms with Crippen molar-refractivity contribution >= 4 is 12.2 Å². The van der Waals surface area contributed by atoms with Crippen LogP contribution < -0.4 is 18.9 Å². The van der Waals surface area contributed by atoms with Crippen molar-refractivity contribution in [3.8, 4) is 28.7 Å². The number of phenolic OH excluding ortho intramolecular Hbond substituents is 1. The van der Waals surface area contributed by atoms with Gasteiger partial charge in [0.15, 0.2) is 23.0 Å². The van der Waals surface area contributed by atoms with E-state index in [4.69, 9.17) is 18.9 Å². The van der Waals surface area contributed by atoms with Crippen LogP contribution in [-0.2, 0) is 0 Å². The fourth-order valence-electron chi connectivity index (χ4n) is 2.79. The minimum atomic E-state index is 0.150. The molecule has 0 aliphatic carbocycles. The molecule has 2 aromatic carbocycles. The van der Waals surface area contributed by atoms with Crippen LogP contribution in [0.25, 0.3) is 12.2 Å². The van der Waals surface area contributed by atoms with E-state index in [2.05, 4.69) is 18.2 Å². The van der Waals surface area contributed by atoms with Gasteiger partial charge in [-0.25, -0.2) is 0 Å². The van der Waals surface area contributed by atoms with Crippen molar-refractivity contribution in [1.29, 1.82) is 0 Å². The van der Waals surface area contributed by atoms with Crippen LogP contribution in [0.5, 0.6) is 28.7 Å². The Balaban J connectivity index is 1.87. The summed E-state index contributed by atoms with van der Waals surface area (Å²) in [5.41, 5.74) is 2.00. The topological polar surface area (TPSA) is 57.2 Å². The average molecular weight is 384 g/mol. The van der Waals surface area contributed by atoms with Gasteiger partial charge in [-0.05, 0) is 54.7 Å². The largest absolute Gasteiger partial charge is 0.504 e. The highest BCUT2D eigenvalue weighted by Gasteiger charge is 2.11. The molecule has 0 amide bonds. The minimum Gasteiger partial charge on any atom is -0.504 e. The van der Waals surface area contributed by atoms with E-state index >= 15 is 0 Å². The predicted molar refractivity (Wildman–Crippen MR) is 113 cm³/mol. The van der Waals surface area contributed by atoms with Crippen LogP contribution in [0, 0.1) is 0 Å². The van der Waals surface area contributed by atoms with Gasteiger partial charge >= 0.3 is 0 Å². The number of unbranched alkanes of at least 4 members (excludes halogenated alkanes) is 2. The molecule has 0 aromatic heterocycles. The van der Waals surface area contributed by atoms with Crippen LogP contribution in [0.3, 0.4) is 0 Å². The average Bonchev–Trinajstić information content (AvgIpc) is 2.73. The summed E-state index contributed by atoms with van der Waals surface area (Å²) in [7, 11) is 6.36. The maximum Gasteiger partial charge on any atom is 0.203 e. The standard InChI is InChI=1S/C23H28O5/c1-25-20-14-17(12-13-19(20)24)10-8-6-5-7-9-11-18-15-21(26-2)23(28-4)22(16-18)27-3/h8-16,24H,5-7H2,1-4H3/b10-8+,11-9+. The molecule has 2 aromatic rings. The molecule has 5 heteroatoms. The highest BCUT2D eigenvalue weighted by atomic mass is 16.5. The van der Waals surface area contributed by atoms with Crippen molar-refractivity contribution in [2.24, 2.45) is 0 Å². The number of benzene rings is 2. The lowest BCUT2D eigenvalue weighted by Gasteiger charge is -2.12. The lowest BCUT2D eigenvalue weighted by Crippen LogP contribution is -1.95. The normalized spacial score (nSPS) is 11.1. The van der Waals surface area contributed by atoms with Gasteiger partial charge in [-0.1, -0.05) is 30.4 Å². The lowest BCUT2D eigenvalue weighted by molar-refractivity contribution is 0.324. The summed E-state index contributed by atoms with van der Waals surface area (Å²) < 4.78 is 21.2. The van der Waals surface area contributed by atoms with Crippen molar-refractivity contribution in [2.45, 2.75) is 19.3 Å². The molecule has 2 rings (SSSR count). The second-order valence-corrected chi connectivity index (χ2v) is 6.13. The minimum absolute atomic E-state index is 0.150. The first kappa shape index (κ1) is 21.2. The van der Waals surface area contributed by atoms with Gasteiger partial charge < -0.3 is 24.1 Å². The molecule has 5 nitrogen and oxygen atoms in total.